The summed E-state index contributed by atoms with van der Waals surface area (Å²) in [5, 5.41) is 3.02. The van der Waals surface area contributed by atoms with Crippen LogP contribution in [0.4, 0.5) is 37.8 Å². The van der Waals surface area contributed by atoms with Gasteiger partial charge in [-0.25, -0.2) is 15.0 Å². The fraction of sp³-hybridized carbons (Fsp3) is 0.357. The number of alkyl halides is 6. The molecule has 12 heteroatoms. The molecule has 1 saturated heterocycles. The molecule has 1 aliphatic heterocycles. The van der Waals surface area contributed by atoms with E-state index in [-0.39, 0.29) is 28.1 Å². The molecular formula is C28H26F6N6. The van der Waals surface area contributed by atoms with Crippen molar-refractivity contribution >= 4 is 22.5 Å². The van der Waals surface area contributed by atoms with Crippen LogP contribution in [0.15, 0.2) is 54.9 Å². The van der Waals surface area contributed by atoms with Gasteiger partial charge in [0.2, 0.25) is 0 Å². The van der Waals surface area contributed by atoms with E-state index in [9.17, 15) is 26.3 Å². The van der Waals surface area contributed by atoms with Crippen LogP contribution in [0.3, 0.4) is 0 Å². The minimum atomic E-state index is -4.62. The van der Waals surface area contributed by atoms with Crippen LogP contribution < -0.4 is 5.32 Å². The average molecular weight is 561 g/mol. The molecule has 0 aliphatic carbocycles. The maximum absolute atomic E-state index is 13.7. The molecule has 0 amide bonds. The van der Waals surface area contributed by atoms with Gasteiger partial charge in [0, 0.05) is 36.7 Å². The van der Waals surface area contributed by atoms with E-state index < -0.39 is 23.5 Å². The maximum atomic E-state index is 13.7. The predicted octanol–water partition coefficient (Wildman–Crippen LogP) is 7.35. The molecular weight excluding hydrogens is 534 g/mol. The van der Waals surface area contributed by atoms with Crippen LogP contribution in [0, 0.1) is 11.8 Å². The van der Waals surface area contributed by atoms with E-state index >= 15 is 0 Å². The summed E-state index contributed by atoms with van der Waals surface area (Å²) in [6.07, 6.45) is -5.46. The molecule has 2 unspecified atom stereocenters. The number of aromatic nitrogens is 4. The molecule has 40 heavy (non-hydrogen) atoms. The Morgan fingerprint density at radius 2 is 1.60 bits per heavy atom. The first kappa shape index (κ1) is 27.8. The highest BCUT2D eigenvalue weighted by atomic mass is 19.4. The van der Waals surface area contributed by atoms with E-state index in [1.807, 2.05) is 0 Å². The lowest BCUT2D eigenvalue weighted by atomic mass is 9.92. The molecule has 0 saturated carbocycles. The third kappa shape index (κ3) is 6.16. The van der Waals surface area contributed by atoms with Crippen molar-refractivity contribution in [2.75, 3.05) is 18.4 Å². The number of nitrogens with zero attached hydrogens (tertiary/aromatic N) is 5. The van der Waals surface area contributed by atoms with Crippen molar-refractivity contribution in [2.45, 2.75) is 39.2 Å². The van der Waals surface area contributed by atoms with Gasteiger partial charge < -0.3 is 5.32 Å². The summed E-state index contributed by atoms with van der Waals surface area (Å²) in [6.45, 7) is 6.42. The standard InChI is InChI=1S/C28H26F6N6/c1-16-10-17(2)14-40(13-16)15-23-38-22-11-18(24-21(28(32,33)34)4-3-9-35-24)12-36-25(22)26(39-23)37-20-7-5-19(6-8-20)27(29,30)31/h3-9,11-12,16-17H,10,13-15H2,1-2H3,(H,37,38,39). The van der Waals surface area contributed by atoms with E-state index in [0.29, 0.717) is 29.9 Å². The fourth-order valence-corrected chi connectivity index (χ4v) is 5.22. The van der Waals surface area contributed by atoms with Crippen LogP contribution in [0.25, 0.3) is 22.3 Å². The van der Waals surface area contributed by atoms with Crippen LogP contribution in [0.2, 0.25) is 0 Å². The molecule has 210 valence electrons. The number of halogens is 6. The van der Waals surface area contributed by atoms with Gasteiger partial charge in [-0.1, -0.05) is 13.8 Å². The van der Waals surface area contributed by atoms with E-state index in [4.69, 9.17) is 0 Å². The van der Waals surface area contributed by atoms with Crippen molar-refractivity contribution in [2.24, 2.45) is 11.8 Å². The van der Waals surface area contributed by atoms with Gasteiger partial charge in [0.1, 0.15) is 11.3 Å². The highest BCUT2D eigenvalue weighted by Crippen LogP contribution is 2.37. The zero-order valence-corrected chi connectivity index (χ0v) is 21.7. The van der Waals surface area contributed by atoms with Crippen molar-refractivity contribution in [1.82, 2.24) is 24.8 Å². The Labute approximate surface area is 226 Å². The van der Waals surface area contributed by atoms with Gasteiger partial charge in [0.15, 0.2) is 5.82 Å². The minimum absolute atomic E-state index is 0.130. The first-order valence-corrected chi connectivity index (χ1v) is 12.7. The second kappa shape index (κ2) is 10.6. The number of hydrogen-bond acceptors (Lipinski definition) is 6. The van der Waals surface area contributed by atoms with Crippen LogP contribution >= 0.6 is 0 Å². The smallest absolute Gasteiger partial charge is 0.338 e. The minimum Gasteiger partial charge on any atom is -0.338 e. The number of fused-ring (bicyclic) bond motifs is 1. The number of likely N-dealkylation sites (tertiary alicyclic amines) is 1. The van der Waals surface area contributed by atoms with Gasteiger partial charge >= 0.3 is 12.4 Å². The van der Waals surface area contributed by atoms with E-state index in [2.05, 4.69) is 44.0 Å². The highest BCUT2D eigenvalue weighted by Gasteiger charge is 2.34. The Morgan fingerprint density at radius 1 is 0.900 bits per heavy atom. The van der Waals surface area contributed by atoms with Crippen LogP contribution in [-0.2, 0) is 18.9 Å². The molecule has 1 fully saturated rings. The number of pyridine rings is 2. The summed E-state index contributed by atoms with van der Waals surface area (Å²) in [6, 6.07) is 8.11. The molecule has 1 aliphatic rings. The van der Waals surface area contributed by atoms with E-state index in [0.717, 1.165) is 37.7 Å². The Balaban J connectivity index is 1.57. The van der Waals surface area contributed by atoms with E-state index in [1.54, 1.807) is 0 Å². The SMILES string of the molecule is CC1CC(C)CN(Cc2nc(Nc3ccc(C(F)(F)F)cc3)c3ncc(-c4ncccc4C(F)(F)F)cc3n2)C1. The number of anilines is 2. The van der Waals surface area contributed by atoms with Gasteiger partial charge in [0.25, 0.3) is 0 Å². The molecule has 0 bridgehead atoms. The lowest BCUT2D eigenvalue weighted by Gasteiger charge is -2.34. The maximum Gasteiger partial charge on any atom is 0.418 e. The number of nitrogens with one attached hydrogen (secondary N) is 1. The number of benzene rings is 1. The third-order valence-electron chi connectivity index (χ3n) is 6.75. The molecule has 2 atom stereocenters. The number of piperidine rings is 1. The molecule has 4 heterocycles. The second-order valence-electron chi connectivity index (χ2n) is 10.3. The van der Waals surface area contributed by atoms with Crippen molar-refractivity contribution in [3.63, 3.8) is 0 Å². The third-order valence-corrected chi connectivity index (χ3v) is 6.75. The lowest BCUT2D eigenvalue weighted by molar-refractivity contribution is -0.138. The first-order chi connectivity index (χ1) is 18.9. The zero-order valence-electron chi connectivity index (χ0n) is 21.7. The highest BCUT2D eigenvalue weighted by molar-refractivity contribution is 5.89. The second-order valence-corrected chi connectivity index (χ2v) is 10.3. The van der Waals surface area contributed by atoms with Crippen molar-refractivity contribution in [3.05, 3.63) is 71.8 Å². The van der Waals surface area contributed by atoms with Gasteiger partial charge in [-0.3, -0.25) is 9.88 Å². The van der Waals surface area contributed by atoms with Gasteiger partial charge in [0.05, 0.1) is 28.9 Å². The molecule has 6 nitrogen and oxygen atoms in total. The summed E-state index contributed by atoms with van der Waals surface area (Å²) in [4.78, 5) is 19.8. The summed E-state index contributed by atoms with van der Waals surface area (Å²) in [5.74, 6) is 1.61. The molecule has 5 rings (SSSR count). The quantitative estimate of drug-likeness (QED) is 0.258. The number of rotatable bonds is 5. The Morgan fingerprint density at radius 3 is 2.25 bits per heavy atom. The van der Waals surface area contributed by atoms with Crippen molar-refractivity contribution < 1.29 is 26.3 Å². The Hall–Kier alpha value is -3.80. The molecule has 0 radical (unpaired) electrons. The van der Waals surface area contributed by atoms with Crippen LogP contribution in [-0.4, -0.2) is 37.9 Å². The summed E-state index contributed by atoms with van der Waals surface area (Å²) < 4.78 is 80.1. The summed E-state index contributed by atoms with van der Waals surface area (Å²) in [5.41, 5.74) is -0.950. The van der Waals surface area contributed by atoms with Gasteiger partial charge in [-0.05, 0) is 60.7 Å². The monoisotopic (exact) mass is 560 g/mol. The summed E-state index contributed by atoms with van der Waals surface area (Å²) in [7, 11) is 0. The lowest BCUT2D eigenvalue weighted by Crippen LogP contribution is -2.38. The normalized spacial score (nSPS) is 18.7. The predicted molar refractivity (Wildman–Crippen MR) is 139 cm³/mol. The van der Waals surface area contributed by atoms with Gasteiger partial charge in [-0.2, -0.15) is 26.3 Å². The molecule has 0 spiro atoms. The molecule has 1 N–H and O–H groups in total. The average Bonchev–Trinajstić information content (AvgIpc) is 2.87. The van der Waals surface area contributed by atoms with Crippen LogP contribution in [0.5, 0.6) is 0 Å². The Kier molecular flexibility index (Phi) is 7.38. The molecule has 1 aromatic carbocycles. The zero-order chi connectivity index (χ0) is 28.7. The van der Waals surface area contributed by atoms with Crippen molar-refractivity contribution in [3.8, 4) is 11.3 Å². The first-order valence-electron chi connectivity index (χ1n) is 12.7. The van der Waals surface area contributed by atoms with Gasteiger partial charge in [-0.15, -0.1) is 0 Å². The number of hydrogen-bond donors (Lipinski definition) is 1. The van der Waals surface area contributed by atoms with E-state index in [1.165, 1.54) is 36.7 Å². The molecule has 3 aromatic heterocycles. The fourth-order valence-electron chi connectivity index (χ4n) is 5.22. The van der Waals surface area contributed by atoms with Crippen molar-refractivity contribution in [1.29, 1.82) is 0 Å². The largest absolute Gasteiger partial charge is 0.418 e. The Bertz CT molecular complexity index is 1490. The van der Waals surface area contributed by atoms with Crippen LogP contribution in [0.1, 0.15) is 37.2 Å². The topological polar surface area (TPSA) is 66.8 Å². The molecule has 4 aromatic rings. The summed E-state index contributed by atoms with van der Waals surface area (Å²) >= 11 is 0.